The van der Waals surface area contributed by atoms with Crippen molar-refractivity contribution in [1.29, 1.82) is 0 Å². The van der Waals surface area contributed by atoms with Crippen LogP contribution in [0, 0.1) is 13.8 Å². The Kier molecular flexibility index (Phi) is 5.75. The number of aryl methyl sites for hydroxylation is 2. The molecule has 4 amide bonds. The number of nitrogens with zero attached hydrogens (tertiary/aromatic N) is 1. The number of hydrogen-bond donors (Lipinski definition) is 1. The number of ether oxygens (including phenoxy) is 1. The number of benzene rings is 2. The van der Waals surface area contributed by atoms with Crippen LogP contribution in [0.3, 0.4) is 0 Å². The summed E-state index contributed by atoms with van der Waals surface area (Å²) in [4.78, 5) is 38.9. The van der Waals surface area contributed by atoms with Gasteiger partial charge in [-0.1, -0.05) is 29.3 Å². The van der Waals surface area contributed by atoms with E-state index in [2.05, 4.69) is 5.32 Å². The minimum Gasteiger partial charge on any atom is -0.490 e. The summed E-state index contributed by atoms with van der Waals surface area (Å²) in [7, 11) is 0. The lowest BCUT2D eigenvalue weighted by Crippen LogP contribution is -2.54. The number of rotatable bonds is 4. The molecule has 3 rings (SSSR count). The highest BCUT2D eigenvalue weighted by molar-refractivity contribution is 6.39. The van der Waals surface area contributed by atoms with Gasteiger partial charge >= 0.3 is 6.03 Å². The molecule has 0 unspecified atom stereocenters. The molecule has 1 fully saturated rings. The van der Waals surface area contributed by atoms with Crippen LogP contribution in [0.15, 0.2) is 42.0 Å². The van der Waals surface area contributed by atoms with Gasteiger partial charge in [-0.15, -0.1) is 0 Å². The third-order valence-corrected chi connectivity index (χ3v) is 4.56. The molecule has 0 atom stereocenters. The van der Waals surface area contributed by atoms with E-state index in [1.165, 1.54) is 6.08 Å². The number of anilines is 1. The average Bonchev–Trinajstić information content (AvgIpc) is 2.62. The van der Waals surface area contributed by atoms with Crippen LogP contribution in [-0.4, -0.2) is 23.9 Å². The van der Waals surface area contributed by atoms with Gasteiger partial charge in [-0.2, -0.15) is 0 Å². The quantitative estimate of drug-likeness (QED) is 0.596. The zero-order chi connectivity index (χ0) is 21.3. The lowest BCUT2D eigenvalue weighted by atomic mass is 10.0. The van der Waals surface area contributed by atoms with Crippen molar-refractivity contribution in [3.05, 3.63) is 63.7 Å². The zero-order valence-electron chi connectivity index (χ0n) is 16.6. The van der Waals surface area contributed by atoms with E-state index < -0.39 is 17.8 Å². The number of carbonyl (C=O) groups is 3. The van der Waals surface area contributed by atoms with Crippen molar-refractivity contribution in [2.24, 2.45) is 0 Å². The molecular weight excluding hydrogens is 392 g/mol. The number of carbonyl (C=O) groups excluding carboxylic acids is 3. The standard InChI is InChI=1S/C22H21ClN2O4/c1-12(2)29-19-8-6-16(23)10-15(19)11-17-20(26)24-22(28)25(21(17)27)18-7-5-13(3)9-14(18)4/h5-12H,1-4H3,(H,24,26,28)/b17-11+. The minimum atomic E-state index is -0.783. The Morgan fingerprint density at radius 2 is 1.79 bits per heavy atom. The summed E-state index contributed by atoms with van der Waals surface area (Å²) >= 11 is 6.09. The molecule has 1 saturated heterocycles. The first-order valence-electron chi connectivity index (χ1n) is 9.12. The van der Waals surface area contributed by atoms with Gasteiger partial charge < -0.3 is 4.74 Å². The van der Waals surface area contributed by atoms with E-state index in [-0.39, 0.29) is 11.7 Å². The van der Waals surface area contributed by atoms with Crippen LogP contribution in [0.1, 0.15) is 30.5 Å². The van der Waals surface area contributed by atoms with Gasteiger partial charge in [0.05, 0.1) is 11.8 Å². The topological polar surface area (TPSA) is 75.7 Å². The van der Waals surface area contributed by atoms with Gasteiger partial charge in [-0.25, -0.2) is 9.69 Å². The Bertz CT molecular complexity index is 1040. The van der Waals surface area contributed by atoms with E-state index in [1.54, 1.807) is 37.3 Å². The van der Waals surface area contributed by atoms with Crippen LogP contribution in [0.25, 0.3) is 6.08 Å². The maximum absolute atomic E-state index is 13.1. The number of barbiturate groups is 1. The molecule has 0 aliphatic carbocycles. The molecule has 150 valence electrons. The predicted octanol–water partition coefficient (Wildman–Crippen LogP) is 4.41. The first kappa shape index (κ1) is 20.6. The summed E-state index contributed by atoms with van der Waals surface area (Å²) in [5.41, 5.74) is 2.45. The lowest BCUT2D eigenvalue weighted by Gasteiger charge is -2.27. The molecule has 0 aromatic heterocycles. The predicted molar refractivity (Wildman–Crippen MR) is 112 cm³/mol. The first-order chi connectivity index (χ1) is 13.7. The maximum atomic E-state index is 13.1. The van der Waals surface area contributed by atoms with Crippen LogP contribution >= 0.6 is 11.6 Å². The molecule has 1 N–H and O–H groups in total. The number of amides is 4. The number of imide groups is 2. The van der Waals surface area contributed by atoms with Crippen molar-refractivity contribution in [3.63, 3.8) is 0 Å². The summed E-state index contributed by atoms with van der Waals surface area (Å²) in [5.74, 6) is -0.995. The van der Waals surface area contributed by atoms with Crippen LogP contribution in [-0.2, 0) is 9.59 Å². The van der Waals surface area contributed by atoms with Gasteiger partial charge in [-0.05, 0) is 63.6 Å². The highest BCUT2D eigenvalue weighted by Gasteiger charge is 2.37. The summed E-state index contributed by atoms with van der Waals surface area (Å²) < 4.78 is 5.75. The SMILES string of the molecule is Cc1ccc(N2C(=O)NC(=O)/C(=C\c3cc(Cl)ccc3OC(C)C)C2=O)c(C)c1. The van der Waals surface area contributed by atoms with Crippen molar-refractivity contribution in [1.82, 2.24) is 5.32 Å². The molecule has 1 heterocycles. The van der Waals surface area contributed by atoms with Gasteiger partial charge in [0.1, 0.15) is 11.3 Å². The molecule has 0 spiro atoms. The summed E-state index contributed by atoms with van der Waals surface area (Å²) in [6.07, 6.45) is 1.28. The number of urea groups is 1. The van der Waals surface area contributed by atoms with Gasteiger partial charge in [0.25, 0.3) is 11.8 Å². The van der Waals surface area contributed by atoms with Crippen LogP contribution in [0.2, 0.25) is 5.02 Å². The lowest BCUT2D eigenvalue weighted by molar-refractivity contribution is -0.122. The zero-order valence-corrected chi connectivity index (χ0v) is 17.3. The smallest absolute Gasteiger partial charge is 0.335 e. The Balaban J connectivity index is 2.08. The average molecular weight is 413 g/mol. The van der Waals surface area contributed by atoms with E-state index in [1.807, 2.05) is 26.8 Å². The van der Waals surface area contributed by atoms with Crippen molar-refractivity contribution in [3.8, 4) is 5.75 Å². The van der Waals surface area contributed by atoms with Crippen LogP contribution in [0.5, 0.6) is 5.75 Å². The fraction of sp³-hybridized carbons (Fsp3) is 0.227. The summed E-state index contributed by atoms with van der Waals surface area (Å²) in [6.45, 7) is 7.45. The van der Waals surface area contributed by atoms with Crippen molar-refractivity contribution in [2.45, 2.75) is 33.8 Å². The Hall–Kier alpha value is -3.12. The molecule has 2 aromatic carbocycles. The normalized spacial score (nSPS) is 15.9. The van der Waals surface area contributed by atoms with Crippen molar-refractivity contribution in [2.75, 3.05) is 4.90 Å². The third-order valence-electron chi connectivity index (χ3n) is 4.33. The fourth-order valence-electron chi connectivity index (χ4n) is 3.08. The molecule has 29 heavy (non-hydrogen) atoms. The second kappa shape index (κ2) is 8.09. The molecule has 0 saturated carbocycles. The Morgan fingerprint density at radius 1 is 1.07 bits per heavy atom. The molecule has 0 radical (unpaired) electrons. The van der Waals surface area contributed by atoms with Crippen molar-refractivity contribution < 1.29 is 19.1 Å². The van der Waals surface area contributed by atoms with E-state index >= 15 is 0 Å². The maximum Gasteiger partial charge on any atom is 0.335 e. The van der Waals surface area contributed by atoms with Crippen molar-refractivity contribution >= 4 is 41.2 Å². The van der Waals surface area contributed by atoms with E-state index in [0.717, 1.165) is 16.0 Å². The van der Waals surface area contributed by atoms with E-state index in [4.69, 9.17) is 16.3 Å². The fourth-order valence-corrected chi connectivity index (χ4v) is 3.26. The Labute approximate surface area is 174 Å². The van der Waals surface area contributed by atoms with Gasteiger partial charge in [0.2, 0.25) is 0 Å². The number of nitrogens with one attached hydrogen (secondary N) is 1. The van der Waals surface area contributed by atoms with E-state index in [9.17, 15) is 14.4 Å². The molecule has 6 nitrogen and oxygen atoms in total. The second-order valence-electron chi connectivity index (χ2n) is 7.10. The molecule has 1 aliphatic heterocycles. The third kappa shape index (κ3) is 4.32. The van der Waals surface area contributed by atoms with Gasteiger partial charge in [0, 0.05) is 10.6 Å². The first-order valence-corrected chi connectivity index (χ1v) is 9.50. The highest BCUT2D eigenvalue weighted by atomic mass is 35.5. The highest BCUT2D eigenvalue weighted by Crippen LogP contribution is 2.29. The number of hydrogen-bond acceptors (Lipinski definition) is 4. The largest absolute Gasteiger partial charge is 0.490 e. The molecule has 1 aliphatic rings. The molecule has 2 aromatic rings. The molecule has 7 heteroatoms. The minimum absolute atomic E-state index is 0.113. The second-order valence-corrected chi connectivity index (χ2v) is 7.53. The van der Waals surface area contributed by atoms with Crippen LogP contribution < -0.4 is 15.0 Å². The monoisotopic (exact) mass is 412 g/mol. The molecular formula is C22H21ClN2O4. The van der Waals surface area contributed by atoms with E-state index in [0.29, 0.717) is 22.0 Å². The Morgan fingerprint density at radius 3 is 2.45 bits per heavy atom. The molecule has 0 bridgehead atoms. The van der Waals surface area contributed by atoms with Gasteiger partial charge in [0.15, 0.2) is 0 Å². The van der Waals surface area contributed by atoms with Gasteiger partial charge in [-0.3, -0.25) is 14.9 Å². The number of halogens is 1. The summed E-state index contributed by atoms with van der Waals surface area (Å²) in [6, 6.07) is 9.50. The summed E-state index contributed by atoms with van der Waals surface area (Å²) in [5, 5.41) is 2.66. The van der Waals surface area contributed by atoms with Crippen LogP contribution in [0.4, 0.5) is 10.5 Å².